The van der Waals surface area contributed by atoms with E-state index in [1.165, 1.54) is 48.2 Å². The number of nitrogens with zero attached hydrogens (tertiary/aromatic N) is 1. The number of hydrogen-bond acceptors (Lipinski definition) is 1. The third-order valence-electron chi connectivity index (χ3n) is 3.90. The van der Waals surface area contributed by atoms with Crippen LogP contribution in [-0.4, -0.2) is 7.05 Å². The molecule has 88 valence electrons. The predicted molar refractivity (Wildman–Crippen MR) is 73.3 cm³/mol. The highest BCUT2D eigenvalue weighted by molar-refractivity contribution is 5.62. The first-order valence-electron chi connectivity index (χ1n) is 6.47. The average molecular weight is 225 g/mol. The second kappa shape index (κ2) is 4.06. The van der Waals surface area contributed by atoms with Gasteiger partial charge < -0.3 is 4.90 Å². The molecule has 1 aromatic carbocycles. The molecule has 0 spiro atoms. The van der Waals surface area contributed by atoms with Crippen LogP contribution < -0.4 is 4.90 Å². The summed E-state index contributed by atoms with van der Waals surface area (Å²) in [6, 6.07) is 6.82. The van der Waals surface area contributed by atoms with E-state index in [-0.39, 0.29) is 0 Å². The van der Waals surface area contributed by atoms with Gasteiger partial charge >= 0.3 is 0 Å². The maximum absolute atomic E-state index is 2.37. The molecule has 0 fully saturated rings. The lowest BCUT2D eigenvalue weighted by Gasteiger charge is -2.25. The lowest BCUT2D eigenvalue weighted by molar-refractivity contribution is 0.830. The number of anilines is 1. The first kappa shape index (κ1) is 10.6. The topological polar surface area (TPSA) is 3.24 Å². The van der Waals surface area contributed by atoms with Crippen molar-refractivity contribution in [3.8, 4) is 0 Å². The van der Waals surface area contributed by atoms with E-state index >= 15 is 0 Å². The molecule has 0 amide bonds. The Labute approximate surface area is 103 Å². The zero-order chi connectivity index (χ0) is 11.8. The molecule has 1 aliphatic heterocycles. The molecular weight excluding hydrogens is 206 g/mol. The summed E-state index contributed by atoms with van der Waals surface area (Å²) in [7, 11) is 2.20. The molecule has 17 heavy (non-hydrogen) atoms. The molecule has 0 atom stereocenters. The van der Waals surface area contributed by atoms with Crippen molar-refractivity contribution in [2.75, 3.05) is 11.9 Å². The maximum Gasteiger partial charge on any atom is 0.0440 e. The van der Waals surface area contributed by atoms with Crippen LogP contribution in [0.15, 0.2) is 41.6 Å². The molecule has 2 aliphatic rings. The third kappa shape index (κ3) is 1.80. The highest BCUT2D eigenvalue weighted by atomic mass is 15.1. The summed E-state index contributed by atoms with van der Waals surface area (Å²) in [5.41, 5.74) is 7.30. The molecule has 0 aromatic heterocycles. The average Bonchev–Trinajstić information content (AvgIpc) is 2.48. The van der Waals surface area contributed by atoms with Crippen molar-refractivity contribution < 1.29 is 0 Å². The van der Waals surface area contributed by atoms with Gasteiger partial charge in [0.25, 0.3) is 0 Å². The van der Waals surface area contributed by atoms with E-state index in [1.807, 2.05) is 0 Å². The van der Waals surface area contributed by atoms with Gasteiger partial charge in [-0.05, 0) is 55.9 Å². The molecule has 1 aliphatic carbocycles. The fourth-order valence-electron chi connectivity index (χ4n) is 2.96. The molecule has 1 heterocycles. The molecule has 1 heteroatoms. The monoisotopic (exact) mass is 225 g/mol. The summed E-state index contributed by atoms with van der Waals surface area (Å²) in [6.45, 7) is 2.18. The molecule has 1 nitrogen and oxygen atoms in total. The van der Waals surface area contributed by atoms with Gasteiger partial charge in [0.1, 0.15) is 0 Å². The minimum Gasteiger partial charge on any atom is -0.344 e. The number of aryl methyl sites for hydroxylation is 2. The molecule has 3 rings (SSSR count). The molecule has 0 unspecified atom stereocenters. The van der Waals surface area contributed by atoms with E-state index in [4.69, 9.17) is 0 Å². The Balaban J connectivity index is 2.09. The molecule has 0 saturated carbocycles. The number of benzene rings is 1. The van der Waals surface area contributed by atoms with E-state index in [2.05, 4.69) is 49.2 Å². The van der Waals surface area contributed by atoms with Crippen molar-refractivity contribution in [3.05, 3.63) is 52.7 Å². The first-order valence-corrected chi connectivity index (χ1v) is 6.47. The molecule has 0 radical (unpaired) electrons. The largest absolute Gasteiger partial charge is 0.344 e. The van der Waals surface area contributed by atoms with E-state index in [1.54, 1.807) is 5.57 Å². The van der Waals surface area contributed by atoms with Gasteiger partial charge in [-0.15, -0.1) is 0 Å². The Morgan fingerprint density at radius 3 is 2.88 bits per heavy atom. The molecule has 0 bridgehead atoms. The van der Waals surface area contributed by atoms with E-state index < -0.39 is 0 Å². The van der Waals surface area contributed by atoms with Gasteiger partial charge in [-0.1, -0.05) is 23.8 Å². The van der Waals surface area contributed by atoms with Gasteiger partial charge in [-0.25, -0.2) is 0 Å². The quantitative estimate of drug-likeness (QED) is 0.645. The zero-order valence-corrected chi connectivity index (χ0v) is 10.7. The van der Waals surface area contributed by atoms with Gasteiger partial charge in [0.15, 0.2) is 0 Å². The molecule has 0 N–H and O–H groups in total. The van der Waals surface area contributed by atoms with Gasteiger partial charge in [-0.2, -0.15) is 0 Å². The van der Waals surface area contributed by atoms with Crippen LogP contribution in [0.1, 0.15) is 30.4 Å². The van der Waals surface area contributed by atoms with Gasteiger partial charge in [0.2, 0.25) is 0 Å². The summed E-state index contributed by atoms with van der Waals surface area (Å²) >= 11 is 0. The second-order valence-electron chi connectivity index (χ2n) is 5.12. The highest BCUT2D eigenvalue weighted by Gasteiger charge is 2.19. The number of likely N-dealkylation sites (N-methyl/N-ethyl adjacent to an activating group) is 1. The third-order valence-corrected chi connectivity index (χ3v) is 3.90. The number of hydrogen-bond donors (Lipinski definition) is 0. The Morgan fingerprint density at radius 1 is 1.12 bits per heavy atom. The van der Waals surface area contributed by atoms with Crippen LogP contribution in [0, 0.1) is 6.92 Å². The number of fused-ring (bicyclic) bond motifs is 1. The standard InChI is InChI=1S/C16H19N/c1-12-7-10-16-14(11-12)9-8-13-5-3-4-6-15(13)17(16)2/h4,6-7,10-11H,3,5,8-9H2,1-2H3. The van der Waals surface area contributed by atoms with Crippen molar-refractivity contribution in [2.24, 2.45) is 0 Å². The Hall–Kier alpha value is -1.50. The fourth-order valence-corrected chi connectivity index (χ4v) is 2.96. The van der Waals surface area contributed by atoms with Gasteiger partial charge in [-0.3, -0.25) is 0 Å². The van der Waals surface area contributed by atoms with Crippen molar-refractivity contribution in [1.29, 1.82) is 0 Å². The maximum atomic E-state index is 2.37. The van der Waals surface area contributed by atoms with Crippen LogP contribution >= 0.6 is 0 Å². The summed E-state index contributed by atoms with van der Waals surface area (Å²) in [5, 5.41) is 0. The predicted octanol–water partition coefficient (Wildman–Crippen LogP) is 3.98. The minimum atomic E-state index is 1.19. The van der Waals surface area contributed by atoms with Gasteiger partial charge in [0.05, 0.1) is 0 Å². The van der Waals surface area contributed by atoms with E-state index in [0.717, 1.165) is 0 Å². The number of rotatable bonds is 0. The Bertz CT molecular complexity index is 508. The minimum absolute atomic E-state index is 1.19. The first-order chi connectivity index (χ1) is 8.25. The van der Waals surface area contributed by atoms with Crippen molar-refractivity contribution >= 4 is 5.69 Å². The van der Waals surface area contributed by atoms with Crippen molar-refractivity contribution in [3.63, 3.8) is 0 Å². The molecule has 0 saturated heterocycles. The summed E-state index contributed by atoms with van der Waals surface area (Å²) in [5.74, 6) is 0. The number of allylic oxidation sites excluding steroid dienone is 3. The Kier molecular flexibility index (Phi) is 2.54. The molecule has 1 aromatic rings. The van der Waals surface area contributed by atoms with Crippen LogP contribution in [0.25, 0.3) is 0 Å². The normalized spacial score (nSPS) is 18.8. The van der Waals surface area contributed by atoms with Crippen LogP contribution in [0.2, 0.25) is 0 Å². The fraction of sp³-hybridized carbons (Fsp3) is 0.375. The lowest BCUT2D eigenvalue weighted by atomic mass is 9.97. The van der Waals surface area contributed by atoms with Crippen LogP contribution in [-0.2, 0) is 6.42 Å². The summed E-state index contributed by atoms with van der Waals surface area (Å²) < 4.78 is 0. The van der Waals surface area contributed by atoms with Gasteiger partial charge in [0, 0.05) is 18.4 Å². The SMILES string of the molecule is Cc1ccc2c(c1)CCC1=C(C=CCC1)N2C. The van der Waals surface area contributed by atoms with E-state index in [0.29, 0.717) is 0 Å². The second-order valence-corrected chi connectivity index (χ2v) is 5.12. The highest BCUT2D eigenvalue weighted by Crippen LogP contribution is 2.35. The Morgan fingerprint density at radius 2 is 2.00 bits per heavy atom. The van der Waals surface area contributed by atoms with Crippen LogP contribution in [0.3, 0.4) is 0 Å². The lowest BCUT2D eigenvalue weighted by Crippen LogP contribution is -2.17. The van der Waals surface area contributed by atoms with E-state index in [9.17, 15) is 0 Å². The van der Waals surface area contributed by atoms with Crippen molar-refractivity contribution in [2.45, 2.75) is 32.6 Å². The summed E-state index contributed by atoms with van der Waals surface area (Å²) in [4.78, 5) is 2.37. The molecular formula is C16H19N. The van der Waals surface area contributed by atoms with Crippen LogP contribution in [0.5, 0.6) is 0 Å². The smallest absolute Gasteiger partial charge is 0.0440 e. The van der Waals surface area contributed by atoms with Crippen LogP contribution in [0.4, 0.5) is 5.69 Å². The van der Waals surface area contributed by atoms with Crippen molar-refractivity contribution in [1.82, 2.24) is 0 Å². The zero-order valence-electron chi connectivity index (χ0n) is 10.7. The summed E-state index contributed by atoms with van der Waals surface area (Å²) in [6.07, 6.45) is 9.46.